The summed E-state index contributed by atoms with van der Waals surface area (Å²) in [5, 5.41) is 18.5. The van der Waals surface area contributed by atoms with Gasteiger partial charge in [0.25, 0.3) is 0 Å². The molecule has 6 aromatic rings. The Morgan fingerprint density at radius 2 is 1.26 bits per heavy atom. The first-order valence-electron chi connectivity index (χ1n) is 13.3. The molecule has 0 aliphatic carbocycles. The number of aromatic nitrogens is 1. The average Bonchev–Trinajstić information content (AvgIpc) is 3.31. The van der Waals surface area contributed by atoms with E-state index in [-0.39, 0.29) is 6.04 Å². The smallest absolute Gasteiger partial charge is 0.0843 e. The van der Waals surface area contributed by atoms with Crippen molar-refractivity contribution in [1.29, 1.82) is 0 Å². The van der Waals surface area contributed by atoms with Crippen molar-refractivity contribution in [2.45, 2.75) is 25.6 Å². The van der Waals surface area contributed by atoms with Crippen molar-refractivity contribution in [3.63, 3.8) is 0 Å². The molecule has 0 spiro atoms. The number of nitrogens with zero attached hydrogens (tertiary/aromatic N) is 1. The van der Waals surface area contributed by atoms with Crippen molar-refractivity contribution in [2.24, 2.45) is 0 Å². The quantitative estimate of drug-likeness (QED) is 0.225. The van der Waals surface area contributed by atoms with E-state index in [0.717, 1.165) is 16.8 Å². The minimum absolute atomic E-state index is 0.154. The van der Waals surface area contributed by atoms with Crippen LogP contribution in [0, 0.1) is 0 Å². The Balaban J connectivity index is 1.50. The molecule has 1 aromatic heterocycles. The van der Waals surface area contributed by atoms with Gasteiger partial charge in [-0.05, 0) is 29.0 Å². The first-order valence-corrected chi connectivity index (χ1v) is 13.3. The van der Waals surface area contributed by atoms with Crippen molar-refractivity contribution in [3.8, 4) is 22.4 Å². The molecule has 0 bridgehead atoms. The van der Waals surface area contributed by atoms with E-state index < -0.39 is 6.10 Å². The molecular formula is C35H32N2O. The second-order valence-corrected chi connectivity index (χ2v) is 9.94. The van der Waals surface area contributed by atoms with E-state index in [4.69, 9.17) is 0 Å². The number of nitrogens with one attached hydrogen (secondary N) is 1. The summed E-state index contributed by atoms with van der Waals surface area (Å²) in [6, 6.07) is 44.7. The van der Waals surface area contributed by atoms with Crippen LogP contribution in [0.2, 0.25) is 0 Å². The molecule has 3 heteroatoms. The van der Waals surface area contributed by atoms with Crippen molar-refractivity contribution in [1.82, 2.24) is 9.88 Å². The Morgan fingerprint density at radius 3 is 1.97 bits per heavy atom. The summed E-state index contributed by atoms with van der Waals surface area (Å²) in [7, 11) is 0. The third kappa shape index (κ3) is 4.63. The van der Waals surface area contributed by atoms with E-state index in [1.807, 2.05) is 6.07 Å². The Hall–Kier alpha value is -4.18. The highest BCUT2D eigenvalue weighted by Gasteiger charge is 2.23. The molecule has 6 rings (SSSR count). The molecule has 0 saturated heterocycles. The molecule has 38 heavy (non-hydrogen) atoms. The van der Waals surface area contributed by atoms with Crippen LogP contribution in [-0.2, 0) is 6.54 Å². The number of aliphatic hydroxyl groups is 1. The summed E-state index contributed by atoms with van der Waals surface area (Å²) in [5.74, 6) is 0. The maximum absolute atomic E-state index is 11.4. The fourth-order valence-electron chi connectivity index (χ4n) is 5.55. The van der Waals surface area contributed by atoms with Crippen LogP contribution in [0.15, 0.2) is 127 Å². The predicted molar refractivity (Wildman–Crippen MR) is 159 cm³/mol. The van der Waals surface area contributed by atoms with Gasteiger partial charge in [-0.25, -0.2) is 0 Å². The second-order valence-electron chi connectivity index (χ2n) is 9.94. The van der Waals surface area contributed by atoms with Crippen molar-refractivity contribution >= 4 is 21.7 Å². The molecule has 2 atom stereocenters. The largest absolute Gasteiger partial charge is 0.390 e. The number of fused-ring (bicyclic) bond motifs is 3. The molecule has 1 heterocycles. The molecule has 0 radical (unpaired) electrons. The molecule has 0 unspecified atom stereocenters. The molecular weight excluding hydrogens is 464 g/mol. The fourth-order valence-corrected chi connectivity index (χ4v) is 5.55. The lowest BCUT2D eigenvalue weighted by Gasteiger charge is -2.20. The maximum atomic E-state index is 11.4. The minimum Gasteiger partial charge on any atom is -0.390 e. The number of hydrogen-bond donors (Lipinski definition) is 2. The lowest BCUT2D eigenvalue weighted by Crippen LogP contribution is -2.32. The van der Waals surface area contributed by atoms with Gasteiger partial charge in [0, 0.05) is 28.9 Å². The topological polar surface area (TPSA) is 37.2 Å². The summed E-state index contributed by atoms with van der Waals surface area (Å²) in [6.07, 6.45) is -0.568. The zero-order chi connectivity index (χ0) is 25.9. The molecule has 5 aromatic carbocycles. The zero-order valence-corrected chi connectivity index (χ0v) is 21.6. The molecule has 3 nitrogen and oxygen atoms in total. The van der Waals surface area contributed by atoms with Gasteiger partial charge in [0.1, 0.15) is 0 Å². The van der Waals surface area contributed by atoms with E-state index in [1.165, 1.54) is 32.8 Å². The summed E-state index contributed by atoms with van der Waals surface area (Å²) in [4.78, 5) is 0. The average molecular weight is 497 g/mol. The normalized spacial score (nSPS) is 13.1. The summed E-state index contributed by atoms with van der Waals surface area (Å²) in [6.45, 7) is 3.12. The molecule has 0 fully saturated rings. The Labute approximate surface area is 224 Å². The predicted octanol–water partition coefficient (Wildman–Crippen LogP) is 7.84. The van der Waals surface area contributed by atoms with Crippen LogP contribution in [0.4, 0.5) is 0 Å². The van der Waals surface area contributed by atoms with Crippen LogP contribution >= 0.6 is 0 Å². The lowest BCUT2D eigenvalue weighted by molar-refractivity contribution is 0.150. The Morgan fingerprint density at radius 1 is 0.658 bits per heavy atom. The van der Waals surface area contributed by atoms with Gasteiger partial charge in [-0.2, -0.15) is 0 Å². The van der Waals surface area contributed by atoms with Crippen LogP contribution in [0.25, 0.3) is 44.1 Å². The molecule has 0 aliphatic heterocycles. The van der Waals surface area contributed by atoms with Gasteiger partial charge in [0.05, 0.1) is 23.9 Å². The Bertz CT molecular complexity index is 1660. The van der Waals surface area contributed by atoms with Crippen molar-refractivity contribution in [2.75, 3.05) is 6.54 Å². The van der Waals surface area contributed by atoms with E-state index in [1.54, 1.807) is 0 Å². The van der Waals surface area contributed by atoms with Crippen LogP contribution in [-0.4, -0.2) is 22.3 Å². The highest BCUT2D eigenvalue weighted by molar-refractivity contribution is 6.15. The van der Waals surface area contributed by atoms with Gasteiger partial charge in [0.2, 0.25) is 0 Å². The minimum atomic E-state index is -0.568. The SMILES string of the molecule is C[C@H](NC[C@H](O)Cn1c(-c2ccccc2)c(-c2ccccc2)c2ccc3ccccc3c21)c1ccccc1. The molecule has 188 valence electrons. The van der Waals surface area contributed by atoms with E-state index in [9.17, 15) is 5.11 Å². The summed E-state index contributed by atoms with van der Waals surface area (Å²) >= 11 is 0. The zero-order valence-electron chi connectivity index (χ0n) is 21.6. The lowest BCUT2D eigenvalue weighted by atomic mass is 9.97. The van der Waals surface area contributed by atoms with Gasteiger partial charge < -0.3 is 15.0 Å². The van der Waals surface area contributed by atoms with Gasteiger partial charge >= 0.3 is 0 Å². The molecule has 0 saturated carbocycles. The number of benzene rings is 5. The standard InChI is InChI=1S/C35H32N2O/c1-25(26-13-5-2-6-14-26)36-23-30(38)24-37-34(29-18-9-4-10-19-29)33(28-16-7-3-8-17-28)32-22-21-27-15-11-12-20-31(27)35(32)37/h2-22,25,30,36,38H,23-24H2,1H3/t25-,30-/m0/s1. The van der Waals surface area contributed by atoms with Crippen LogP contribution in [0.1, 0.15) is 18.5 Å². The van der Waals surface area contributed by atoms with E-state index >= 15 is 0 Å². The van der Waals surface area contributed by atoms with E-state index in [0.29, 0.717) is 13.1 Å². The van der Waals surface area contributed by atoms with Crippen molar-refractivity contribution in [3.05, 3.63) is 133 Å². The van der Waals surface area contributed by atoms with E-state index in [2.05, 4.69) is 138 Å². The molecule has 0 aliphatic rings. The van der Waals surface area contributed by atoms with Gasteiger partial charge in [-0.1, -0.05) is 127 Å². The first-order chi connectivity index (χ1) is 18.7. The monoisotopic (exact) mass is 496 g/mol. The second kappa shape index (κ2) is 10.7. The van der Waals surface area contributed by atoms with Crippen LogP contribution in [0.5, 0.6) is 0 Å². The first kappa shape index (κ1) is 24.2. The third-order valence-electron chi connectivity index (χ3n) is 7.41. The number of aliphatic hydroxyl groups excluding tert-OH is 1. The summed E-state index contributed by atoms with van der Waals surface area (Å²) in [5.41, 5.74) is 7.04. The van der Waals surface area contributed by atoms with Crippen molar-refractivity contribution < 1.29 is 5.11 Å². The van der Waals surface area contributed by atoms with Crippen LogP contribution < -0.4 is 5.32 Å². The summed E-state index contributed by atoms with van der Waals surface area (Å²) < 4.78 is 2.34. The third-order valence-corrected chi connectivity index (χ3v) is 7.41. The van der Waals surface area contributed by atoms with Gasteiger partial charge in [-0.3, -0.25) is 0 Å². The highest BCUT2D eigenvalue weighted by atomic mass is 16.3. The van der Waals surface area contributed by atoms with Crippen LogP contribution in [0.3, 0.4) is 0 Å². The fraction of sp³-hybridized carbons (Fsp3) is 0.143. The highest BCUT2D eigenvalue weighted by Crippen LogP contribution is 2.43. The number of hydrogen-bond acceptors (Lipinski definition) is 2. The van der Waals surface area contributed by atoms with Gasteiger partial charge in [-0.15, -0.1) is 0 Å². The maximum Gasteiger partial charge on any atom is 0.0843 e. The number of rotatable bonds is 8. The van der Waals surface area contributed by atoms with Gasteiger partial charge in [0.15, 0.2) is 0 Å². The molecule has 2 N–H and O–H groups in total. The molecule has 0 amide bonds. The Kier molecular flexibility index (Phi) is 6.78.